The summed E-state index contributed by atoms with van der Waals surface area (Å²) in [7, 11) is 3.21. The zero-order valence-corrected chi connectivity index (χ0v) is 23.6. The summed E-state index contributed by atoms with van der Waals surface area (Å²) in [5.74, 6) is -2.53. The number of Topliss-reactive ketones (excluding diaryl/α,β-unsaturated/α-hetero) is 3. The Kier molecular flexibility index (Phi) is 24.6. The van der Waals surface area contributed by atoms with Crippen LogP contribution in [0.2, 0.25) is 0 Å². The minimum atomic E-state index is -1.31. The maximum atomic E-state index is 11.1. The van der Waals surface area contributed by atoms with Crippen LogP contribution in [0.4, 0.5) is 0 Å². The maximum Gasteiger partial charge on any atom is 1.00 e. The number of hydrogen-bond acceptors (Lipinski definition) is 8. The summed E-state index contributed by atoms with van der Waals surface area (Å²) < 4.78 is 10.2. The smallest absolute Gasteiger partial charge is 0.550 e. The summed E-state index contributed by atoms with van der Waals surface area (Å²) >= 11 is 0. The van der Waals surface area contributed by atoms with Crippen LogP contribution in [0, 0.1) is 0 Å². The molecule has 0 bridgehead atoms. The Morgan fingerprint density at radius 2 is 1.13 bits per heavy atom. The van der Waals surface area contributed by atoms with Gasteiger partial charge >= 0.3 is 57.4 Å². The molecule has 0 aliphatic rings. The molecule has 0 atom stereocenters. The molecule has 0 aromatic heterocycles. The van der Waals surface area contributed by atoms with Crippen molar-refractivity contribution in [3.63, 3.8) is 0 Å². The first-order valence-corrected chi connectivity index (χ1v) is 9.50. The normalized spacial score (nSPS) is 10.3. The van der Waals surface area contributed by atoms with Gasteiger partial charge in [-0.25, -0.2) is 0 Å². The summed E-state index contributed by atoms with van der Waals surface area (Å²) in [6.45, 7) is 10.2. The van der Waals surface area contributed by atoms with Crippen molar-refractivity contribution in [3.8, 4) is 0 Å². The molecule has 0 fully saturated rings. The summed E-state index contributed by atoms with van der Waals surface area (Å²) in [5.41, 5.74) is -0.579. The first-order valence-electron chi connectivity index (χ1n) is 9.50. The molecule has 0 radical (unpaired) electrons. The Hall–Kier alpha value is -0.494. The molecule has 0 saturated heterocycles. The zero-order valence-electron chi connectivity index (χ0n) is 20.5. The molecule has 31 heavy (non-hydrogen) atoms. The van der Waals surface area contributed by atoms with Crippen LogP contribution in [-0.4, -0.2) is 59.8 Å². The largest absolute Gasteiger partial charge is 1.00 e. The van der Waals surface area contributed by atoms with Crippen molar-refractivity contribution in [3.05, 3.63) is 0 Å². The summed E-state index contributed by atoms with van der Waals surface area (Å²) in [5, 5.41) is 17.8. The average Bonchev–Trinajstić information content (AvgIpc) is 2.58. The third-order valence-corrected chi connectivity index (χ3v) is 3.89. The minimum Gasteiger partial charge on any atom is -0.550 e. The fraction of sp³-hybridized carbons (Fsp3) is 0.762. The van der Waals surface area contributed by atoms with Crippen LogP contribution in [0.3, 0.4) is 0 Å². The number of methoxy groups -OCH3 is 2. The fourth-order valence-electron chi connectivity index (χ4n) is 1.62. The van der Waals surface area contributed by atoms with Gasteiger partial charge in [0.25, 0.3) is 0 Å². The number of aliphatic carboxylic acids is 2. The first kappa shape index (κ1) is 37.8. The van der Waals surface area contributed by atoms with Crippen molar-refractivity contribution in [2.75, 3.05) is 14.2 Å². The molecular formula is C21H37KO9. The van der Waals surface area contributed by atoms with E-state index in [1.807, 2.05) is 27.7 Å². The molecule has 9 nitrogen and oxygen atoms in total. The molecule has 0 amide bonds. The number of carboxylic acids is 2. The van der Waals surface area contributed by atoms with Gasteiger partial charge in [0.05, 0.1) is 17.6 Å². The number of ether oxygens (including phenoxy) is 2. The van der Waals surface area contributed by atoms with Crippen LogP contribution >= 0.6 is 0 Å². The van der Waals surface area contributed by atoms with Crippen LogP contribution < -0.4 is 56.5 Å². The third-order valence-electron chi connectivity index (χ3n) is 3.89. The summed E-state index contributed by atoms with van der Waals surface area (Å²) in [6, 6.07) is 0. The zero-order chi connectivity index (χ0) is 24.5. The van der Waals surface area contributed by atoms with Crippen LogP contribution in [0.25, 0.3) is 0 Å². The summed E-state index contributed by atoms with van der Waals surface area (Å²) in [6.07, 6.45) is 1.38. The number of ketones is 3. The molecule has 0 aromatic rings. The Morgan fingerprint density at radius 1 is 0.774 bits per heavy atom. The van der Waals surface area contributed by atoms with E-state index in [-0.39, 0.29) is 92.8 Å². The van der Waals surface area contributed by atoms with Gasteiger partial charge < -0.3 is 24.5 Å². The Bertz CT molecular complexity index is 557. The van der Waals surface area contributed by atoms with E-state index < -0.39 is 18.4 Å². The SMILES string of the molecule is CC(=O)CC(=O)[O-].COC(C)(C)CCC(=O)CC(C)=O.COC(C)(C)CCC(=O)O.[K+]. The van der Waals surface area contributed by atoms with Gasteiger partial charge in [-0.05, 0) is 54.4 Å². The Morgan fingerprint density at radius 3 is 1.35 bits per heavy atom. The van der Waals surface area contributed by atoms with E-state index >= 15 is 0 Å². The molecule has 0 unspecified atom stereocenters. The predicted octanol–water partition coefficient (Wildman–Crippen LogP) is -1.26. The second kappa shape index (κ2) is 20.1. The van der Waals surface area contributed by atoms with E-state index in [4.69, 9.17) is 14.6 Å². The van der Waals surface area contributed by atoms with E-state index in [2.05, 4.69) is 0 Å². The van der Waals surface area contributed by atoms with Crippen LogP contribution in [0.15, 0.2) is 0 Å². The average molecular weight is 473 g/mol. The molecule has 0 rings (SSSR count). The minimum absolute atomic E-state index is 0. The van der Waals surface area contributed by atoms with Crippen LogP contribution in [0.1, 0.15) is 80.1 Å². The number of hydrogen-bond donors (Lipinski definition) is 1. The van der Waals surface area contributed by atoms with E-state index in [0.29, 0.717) is 19.3 Å². The van der Waals surface area contributed by atoms with Gasteiger partial charge in [-0.15, -0.1) is 0 Å². The van der Waals surface area contributed by atoms with Crippen LogP contribution in [0.5, 0.6) is 0 Å². The van der Waals surface area contributed by atoms with Gasteiger partial charge in [0.2, 0.25) is 0 Å². The van der Waals surface area contributed by atoms with Crippen LogP contribution in [-0.2, 0) is 33.4 Å². The molecule has 1 N–H and O–H groups in total. The number of carbonyl (C=O) groups is 5. The van der Waals surface area contributed by atoms with Crippen molar-refractivity contribution in [1.29, 1.82) is 0 Å². The Balaban J connectivity index is -0.000000182. The summed E-state index contributed by atoms with van der Waals surface area (Å²) in [4.78, 5) is 51.2. The molecule has 0 aliphatic heterocycles. The van der Waals surface area contributed by atoms with Gasteiger partial charge in [-0.2, -0.15) is 0 Å². The predicted molar refractivity (Wildman–Crippen MR) is 109 cm³/mol. The Labute approximate surface area is 228 Å². The van der Waals surface area contributed by atoms with Crippen molar-refractivity contribution < 1.29 is 95.0 Å². The molecular weight excluding hydrogens is 435 g/mol. The van der Waals surface area contributed by atoms with Crippen molar-refractivity contribution in [1.82, 2.24) is 0 Å². The van der Waals surface area contributed by atoms with Gasteiger partial charge in [0.1, 0.15) is 17.3 Å². The van der Waals surface area contributed by atoms with Crippen molar-refractivity contribution in [2.45, 2.75) is 91.3 Å². The molecule has 176 valence electrons. The molecule has 10 heteroatoms. The quantitative estimate of drug-likeness (QED) is 0.271. The van der Waals surface area contributed by atoms with E-state index in [0.717, 1.165) is 0 Å². The topological polar surface area (TPSA) is 147 Å². The molecule has 0 spiro atoms. The number of carboxylic acid groups (broad SMARTS) is 2. The standard InChI is InChI=1S/C10H18O3.C7H14O3.C4H6O3.K/c1-8(11)7-9(12)5-6-10(2,3)13-4;1-7(2,10-3)5-4-6(8)9;1-3(5)2-4(6)7;/h5-7H2,1-4H3;4-5H2,1-3H3,(H,8,9);2H2,1H3,(H,6,7);/q;;;+1/p-1. The molecule has 0 aliphatic carbocycles. The molecule has 0 heterocycles. The number of carbonyl (C=O) groups excluding carboxylic acids is 4. The van der Waals surface area contributed by atoms with E-state index in [1.54, 1.807) is 14.2 Å². The van der Waals surface area contributed by atoms with Gasteiger partial charge in [0.15, 0.2) is 0 Å². The third kappa shape index (κ3) is 34.3. The maximum absolute atomic E-state index is 11.1. The second-order valence-electron chi connectivity index (χ2n) is 7.99. The molecule has 0 saturated carbocycles. The second-order valence-corrected chi connectivity index (χ2v) is 7.99. The van der Waals surface area contributed by atoms with E-state index in [1.165, 1.54) is 13.8 Å². The fourth-order valence-corrected chi connectivity index (χ4v) is 1.62. The number of rotatable bonds is 12. The van der Waals surface area contributed by atoms with Gasteiger partial charge in [0, 0.05) is 39.5 Å². The molecule has 0 aromatic carbocycles. The monoisotopic (exact) mass is 472 g/mol. The van der Waals surface area contributed by atoms with E-state index in [9.17, 15) is 29.1 Å². The van der Waals surface area contributed by atoms with Crippen molar-refractivity contribution in [2.24, 2.45) is 0 Å². The first-order chi connectivity index (χ1) is 13.5. The van der Waals surface area contributed by atoms with Crippen molar-refractivity contribution >= 4 is 29.3 Å². The van der Waals surface area contributed by atoms with Gasteiger partial charge in [-0.1, -0.05) is 0 Å². The van der Waals surface area contributed by atoms with Gasteiger partial charge in [-0.3, -0.25) is 19.2 Å².